The Kier molecular flexibility index (Phi) is 6.99. The maximum absolute atomic E-state index is 12.7. The normalized spacial score (nSPS) is 15.4. The van der Waals surface area contributed by atoms with Gasteiger partial charge in [-0.05, 0) is 45.6 Å². The van der Waals surface area contributed by atoms with Gasteiger partial charge in [-0.1, -0.05) is 0 Å². The molecular weight excluding hydrogens is 320 g/mol. The standard InChI is InChI=1S/C18H30N4O3/c1-5-25-12-17(23)22-10-6-15(7-11-22)18(24)21(4)9-8-16-13(2)19-20-14(16)3/h15H,5-12H2,1-4H3,(H,19,20). The molecule has 1 fully saturated rings. The number of carbonyl (C=O) groups excluding carboxylic acids is 2. The highest BCUT2D eigenvalue weighted by Crippen LogP contribution is 2.20. The van der Waals surface area contributed by atoms with Crippen LogP contribution in [0.15, 0.2) is 0 Å². The van der Waals surface area contributed by atoms with Crippen molar-refractivity contribution in [1.82, 2.24) is 20.0 Å². The van der Waals surface area contributed by atoms with Gasteiger partial charge in [-0.25, -0.2) is 0 Å². The van der Waals surface area contributed by atoms with E-state index >= 15 is 0 Å². The van der Waals surface area contributed by atoms with Gasteiger partial charge in [-0.15, -0.1) is 0 Å². The fraction of sp³-hybridized carbons (Fsp3) is 0.722. The first-order valence-electron chi connectivity index (χ1n) is 9.05. The second-order valence-corrected chi connectivity index (χ2v) is 6.71. The number of nitrogens with zero attached hydrogens (tertiary/aromatic N) is 3. The smallest absolute Gasteiger partial charge is 0.248 e. The van der Waals surface area contributed by atoms with Gasteiger partial charge in [-0.2, -0.15) is 5.10 Å². The van der Waals surface area contributed by atoms with Crippen LogP contribution in [0.4, 0.5) is 0 Å². The number of rotatable bonds is 7. The van der Waals surface area contributed by atoms with Crippen LogP contribution >= 0.6 is 0 Å². The van der Waals surface area contributed by atoms with E-state index in [4.69, 9.17) is 4.74 Å². The lowest BCUT2D eigenvalue weighted by Gasteiger charge is -2.33. The lowest BCUT2D eigenvalue weighted by atomic mass is 9.95. The lowest BCUT2D eigenvalue weighted by molar-refractivity contribution is -0.142. The maximum atomic E-state index is 12.7. The molecule has 2 rings (SSSR count). The zero-order chi connectivity index (χ0) is 18.4. The summed E-state index contributed by atoms with van der Waals surface area (Å²) in [6.45, 7) is 8.50. The minimum absolute atomic E-state index is 0.00712. The molecule has 0 atom stereocenters. The number of H-pyrrole nitrogens is 1. The Morgan fingerprint density at radius 2 is 2.00 bits per heavy atom. The molecule has 0 saturated carbocycles. The third kappa shape index (κ3) is 5.04. The highest BCUT2D eigenvalue weighted by molar-refractivity contribution is 5.80. The molecule has 1 aromatic rings. The fourth-order valence-electron chi connectivity index (χ4n) is 3.30. The number of carbonyl (C=O) groups is 2. The van der Waals surface area contributed by atoms with Crippen molar-refractivity contribution in [2.45, 2.75) is 40.0 Å². The molecule has 1 saturated heterocycles. The Balaban J connectivity index is 1.78. The fourth-order valence-corrected chi connectivity index (χ4v) is 3.30. The third-order valence-electron chi connectivity index (χ3n) is 4.98. The zero-order valence-electron chi connectivity index (χ0n) is 15.8. The second-order valence-electron chi connectivity index (χ2n) is 6.71. The summed E-state index contributed by atoms with van der Waals surface area (Å²) in [5.41, 5.74) is 3.26. The summed E-state index contributed by atoms with van der Waals surface area (Å²) in [6, 6.07) is 0. The summed E-state index contributed by atoms with van der Waals surface area (Å²) < 4.78 is 5.17. The van der Waals surface area contributed by atoms with E-state index in [9.17, 15) is 9.59 Å². The number of nitrogens with one attached hydrogen (secondary N) is 1. The number of hydrogen-bond acceptors (Lipinski definition) is 4. The molecule has 2 heterocycles. The molecule has 25 heavy (non-hydrogen) atoms. The number of hydrogen-bond donors (Lipinski definition) is 1. The predicted molar refractivity (Wildman–Crippen MR) is 95.2 cm³/mol. The zero-order valence-corrected chi connectivity index (χ0v) is 15.8. The van der Waals surface area contributed by atoms with Gasteiger partial charge >= 0.3 is 0 Å². The van der Waals surface area contributed by atoms with Crippen molar-refractivity contribution in [2.75, 3.05) is 39.9 Å². The number of aryl methyl sites for hydroxylation is 2. The quantitative estimate of drug-likeness (QED) is 0.804. The Labute approximate surface area is 149 Å². The number of likely N-dealkylation sites (N-methyl/N-ethyl adjacent to an activating group) is 1. The molecule has 2 amide bonds. The first-order valence-corrected chi connectivity index (χ1v) is 9.05. The molecule has 1 aliphatic rings. The van der Waals surface area contributed by atoms with Crippen LogP contribution in [0.3, 0.4) is 0 Å². The molecule has 0 spiro atoms. The molecule has 0 unspecified atom stereocenters. The van der Waals surface area contributed by atoms with E-state index in [0.29, 0.717) is 26.2 Å². The molecule has 1 N–H and O–H groups in total. The molecular formula is C18H30N4O3. The van der Waals surface area contributed by atoms with Crippen molar-refractivity contribution in [3.8, 4) is 0 Å². The Morgan fingerprint density at radius 3 is 2.56 bits per heavy atom. The molecule has 1 aromatic heterocycles. The van der Waals surface area contributed by atoms with Crippen LogP contribution < -0.4 is 0 Å². The van der Waals surface area contributed by atoms with Crippen LogP contribution in [0.25, 0.3) is 0 Å². The minimum atomic E-state index is 0.00712. The van der Waals surface area contributed by atoms with Crippen molar-refractivity contribution in [3.63, 3.8) is 0 Å². The summed E-state index contributed by atoms with van der Waals surface area (Å²) in [5.74, 6) is 0.204. The molecule has 0 radical (unpaired) electrons. The lowest BCUT2D eigenvalue weighted by Crippen LogP contribution is -2.44. The average Bonchev–Trinajstić information content (AvgIpc) is 2.95. The van der Waals surface area contributed by atoms with Gasteiger partial charge < -0.3 is 14.5 Å². The number of aromatic amines is 1. The largest absolute Gasteiger partial charge is 0.372 e. The van der Waals surface area contributed by atoms with E-state index in [1.807, 2.05) is 32.7 Å². The van der Waals surface area contributed by atoms with Crippen molar-refractivity contribution in [3.05, 3.63) is 17.0 Å². The van der Waals surface area contributed by atoms with Crippen molar-refractivity contribution < 1.29 is 14.3 Å². The molecule has 140 valence electrons. The molecule has 1 aliphatic heterocycles. The molecule has 7 heteroatoms. The van der Waals surface area contributed by atoms with Gasteiger partial charge in [0.2, 0.25) is 11.8 Å². The first kappa shape index (κ1) is 19.4. The molecule has 0 aromatic carbocycles. The maximum Gasteiger partial charge on any atom is 0.248 e. The van der Waals surface area contributed by atoms with Gasteiger partial charge in [0.25, 0.3) is 0 Å². The van der Waals surface area contributed by atoms with Gasteiger partial charge in [0.05, 0.1) is 5.69 Å². The number of aromatic nitrogens is 2. The molecule has 0 bridgehead atoms. The topological polar surface area (TPSA) is 78.5 Å². The van der Waals surface area contributed by atoms with Crippen molar-refractivity contribution in [2.24, 2.45) is 5.92 Å². The van der Waals surface area contributed by atoms with E-state index in [1.165, 1.54) is 5.56 Å². The number of likely N-dealkylation sites (tertiary alicyclic amines) is 1. The molecule has 0 aliphatic carbocycles. The van der Waals surface area contributed by atoms with E-state index in [0.717, 1.165) is 30.7 Å². The van der Waals surface area contributed by atoms with Gasteiger partial charge in [0, 0.05) is 44.9 Å². The van der Waals surface area contributed by atoms with Crippen LogP contribution in [-0.2, 0) is 20.7 Å². The summed E-state index contributed by atoms with van der Waals surface area (Å²) in [6.07, 6.45) is 2.26. The van der Waals surface area contributed by atoms with Crippen LogP contribution in [0.2, 0.25) is 0 Å². The Hall–Kier alpha value is -1.89. The first-order chi connectivity index (χ1) is 11.9. The van der Waals surface area contributed by atoms with Crippen molar-refractivity contribution in [1.29, 1.82) is 0 Å². The highest BCUT2D eigenvalue weighted by atomic mass is 16.5. The van der Waals surface area contributed by atoms with Crippen molar-refractivity contribution >= 4 is 11.8 Å². The second kappa shape index (κ2) is 8.99. The number of piperidine rings is 1. The van der Waals surface area contributed by atoms with Gasteiger partial charge in [0.1, 0.15) is 6.61 Å². The average molecular weight is 350 g/mol. The number of ether oxygens (including phenoxy) is 1. The van der Waals surface area contributed by atoms with Crippen LogP contribution in [0, 0.1) is 19.8 Å². The van der Waals surface area contributed by atoms with Crippen LogP contribution in [-0.4, -0.2) is 71.7 Å². The van der Waals surface area contributed by atoms with E-state index < -0.39 is 0 Å². The van der Waals surface area contributed by atoms with Crippen LogP contribution in [0.1, 0.15) is 36.7 Å². The molecule has 7 nitrogen and oxygen atoms in total. The summed E-state index contributed by atoms with van der Waals surface area (Å²) in [5, 5.41) is 7.18. The number of amides is 2. The van der Waals surface area contributed by atoms with Crippen LogP contribution in [0.5, 0.6) is 0 Å². The Morgan fingerprint density at radius 1 is 1.32 bits per heavy atom. The van der Waals surface area contributed by atoms with E-state index in [2.05, 4.69) is 10.2 Å². The van der Waals surface area contributed by atoms with E-state index in [-0.39, 0.29) is 24.3 Å². The summed E-state index contributed by atoms with van der Waals surface area (Å²) in [4.78, 5) is 28.2. The predicted octanol–water partition coefficient (Wildman–Crippen LogP) is 1.30. The Bertz CT molecular complexity index is 572. The summed E-state index contributed by atoms with van der Waals surface area (Å²) >= 11 is 0. The minimum Gasteiger partial charge on any atom is -0.372 e. The SMILES string of the molecule is CCOCC(=O)N1CCC(C(=O)N(C)CCc2c(C)n[nH]c2C)CC1. The highest BCUT2D eigenvalue weighted by Gasteiger charge is 2.29. The van der Waals surface area contributed by atoms with Gasteiger partial charge in [-0.3, -0.25) is 14.7 Å². The monoisotopic (exact) mass is 350 g/mol. The van der Waals surface area contributed by atoms with Gasteiger partial charge in [0.15, 0.2) is 0 Å². The van der Waals surface area contributed by atoms with E-state index in [1.54, 1.807) is 4.90 Å². The third-order valence-corrected chi connectivity index (χ3v) is 4.98. The summed E-state index contributed by atoms with van der Waals surface area (Å²) in [7, 11) is 1.86.